The van der Waals surface area contributed by atoms with Gasteiger partial charge in [0.25, 0.3) is 0 Å². The largest absolute Gasteiger partial charge is 0.363 e. The van der Waals surface area contributed by atoms with E-state index in [9.17, 15) is 0 Å². The molecule has 3 aliphatic heterocycles. The van der Waals surface area contributed by atoms with Gasteiger partial charge in [-0.1, -0.05) is 0 Å². The summed E-state index contributed by atoms with van der Waals surface area (Å²) in [4.78, 5) is 3.21. The van der Waals surface area contributed by atoms with Gasteiger partial charge in [0.15, 0.2) is 11.6 Å². The number of aromatic amines is 1. The minimum atomic E-state index is -0.614. The molecule has 3 fully saturated rings. The van der Waals surface area contributed by atoms with Gasteiger partial charge in [-0.2, -0.15) is 0 Å². The summed E-state index contributed by atoms with van der Waals surface area (Å²) in [6.07, 6.45) is 1.04. The van der Waals surface area contributed by atoms with E-state index in [1.54, 1.807) is 0 Å². The lowest BCUT2D eigenvalue weighted by Crippen LogP contribution is -2.40. The lowest BCUT2D eigenvalue weighted by molar-refractivity contribution is -0.207. The molecule has 0 aliphatic carbocycles. The van der Waals surface area contributed by atoms with Crippen molar-refractivity contribution in [1.82, 2.24) is 4.98 Å². The molecule has 1 N–H and O–H groups in total. The average molecular weight is 309 g/mol. The molecule has 0 saturated carbocycles. The van der Waals surface area contributed by atoms with Crippen LogP contribution in [0.25, 0.3) is 0 Å². The van der Waals surface area contributed by atoms with Gasteiger partial charge in [-0.3, -0.25) is 0 Å². The molecule has 4 rings (SSSR count). The summed E-state index contributed by atoms with van der Waals surface area (Å²) in [5.74, 6) is -1.19. The van der Waals surface area contributed by atoms with Gasteiger partial charge in [0.1, 0.15) is 30.5 Å². The Hall–Kier alpha value is -0.920. The predicted octanol–water partition coefficient (Wildman–Crippen LogP) is 2.13. The van der Waals surface area contributed by atoms with E-state index in [1.807, 2.05) is 46.0 Å². The summed E-state index contributed by atoms with van der Waals surface area (Å²) in [5, 5.41) is 0. The van der Waals surface area contributed by atoms with Crippen molar-refractivity contribution in [3.63, 3.8) is 0 Å². The molecule has 5 atom stereocenters. The zero-order valence-corrected chi connectivity index (χ0v) is 13.4. The Kier molecular flexibility index (Phi) is 3.19. The Balaban J connectivity index is 1.60. The first-order valence-electron chi connectivity index (χ1n) is 7.81. The van der Waals surface area contributed by atoms with E-state index < -0.39 is 11.6 Å². The first-order valence-corrected chi connectivity index (χ1v) is 7.81. The van der Waals surface area contributed by atoms with Gasteiger partial charge in [0.05, 0.1) is 6.61 Å². The van der Waals surface area contributed by atoms with Gasteiger partial charge in [-0.25, -0.2) is 0 Å². The monoisotopic (exact) mass is 309 g/mol. The van der Waals surface area contributed by atoms with Crippen molar-refractivity contribution in [3.05, 3.63) is 24.0 Å². The van der Waals surface area contributed by atoms with Gasteiger partial charge in [0, 0.05) is 11.9 Å². The number of hydrogen-bond acceptors (Lipinski definition) is 5. The topological polar surface area (TPSA) is 61.9 Å². The van der Waals surface area contributed by atoms with Crippen molar-refractivity contribution in [2.24, 2.45) is 0 Å². The molecule has 1 aromatic heterocycles. The van der Waals surface area contributed by atoms with Crippen LogP contribution >= 0.6 is 0 Å². The second-order valence-electron chi connectivity index (χ2n) is 7.08. The number of fused-ring (bicyclic) bond motifs is 1. The van der Waals surface area contributed by atoms with Gasteiger partial charge < -0.3 is 28.7 Å². The fourth-order valence-corrected chi connectivity index (χ4v) is 3.58. The zero-order valence-electron chi connectivity index (χ0n) is 13.4. The molecule has 3 saturated heterocycles. The minimum Gasteiger partial charge on any atom is -0.363 e. The van der Waals surface area contributed by atoms with E-state index in [-0.39, 0.29) is 30.5 Å². The molecule has 0 spiro atoms. The number of H-pyrrole nitrogens is 1. The minimum absolute atomic E-state index is 0.147. The summed E-state index contributed by atoms with van der Waals surface area (Å²) in [6, 6.07) is 3.97. The molecule has 0 amide bonds. The first-order chi connectivity index (χ1) is 10.3. The highest BCUT2D eigenvalue weighted by molar-refractivity contribution is 5.15. The molecular weight excluding hydrogens is 286 g/mol. The van der Waals surface area contributed by atoms with E-state index in [2.05, 4.69) is 4.98 Å². The summed E-state index contributed by atoms with van der Waals surface area (Å²) in [6.45, 7) is 8.20. The molecule has 6 heteroatoms. The molecule has 1 aromatic rings. The van der Waals surface area contributed by atoms with Gasteiger partial charge in [-0.15, -0.1) is 0 Å². The predicted molar refractivity (Wildman–Crippen MR) is 77.1 cm³/mol. The lowest BCUT2D eigenvalue weighted by Gasteiger charge is -2.26. The second kappa shape index (κ2) is 4.79. The summed E-state index contributed by atoms with van der Waals surface area (Å²) >= 11 is 0. The molecular formula is C16H23NO5. The molecule has 0 aromatic carbocycles. The van der Waals surface area contributed by atoms with Crippen LogP contribution in [0.5, 0.6) is 0 Å². The fraction of sp³-hybridized carbons (Fsp3) is 0.750. The van der Waals surface area contributed by atoms with Crippen molar-refractivity contribution in [2.75, 3.05) is 6.61 Å². The van der Waals surface area contributed by atoms with E-state index in [1.165, 1.54) is 0 Å². The maximum Gasteiger partial charge on any atom is 0.164 e. The number of ether oxygens (including phenoxy) is 5. The molecule has 3 aliphatic rings. The quantitative estimate of drug-likeness (QED) is 0.907. The normalized spacial score (nSPS) is 42.6. The van der Waals surface area contributed by atoms with Crippen LogP contribution in [-0.4, -0.2) is 47.6 Å². The van der Waals surface area contributed by atoms with Crippen LogP contribution in [0, 0.1) is 0 Å². The maximum absolute atomic E-state index is 6.26. The van der Waals surface area contributed by atoms with E-state index in [0.717, 1.165) is 5.69 Å². The number of hydrogen-bond donors (Lipinski definition) is 1. The van der Waals surface area contributed by atoms with E-state index in [0.29, 0.717) is 6.61 Å². The van der Waals surface area contributed by atoms with Crippen LogP contribution < -0.4 is 0 Å². The van der Waals surface area contributed by atoms with Gasteiger partial charge in [-0.05, 0) is 39.8 Å². The molecule has 0 bridgehead atoms. The molecule has 4 heterocycles. The highest BCUT2D eigenvalue weighted by Crippen LogP contribution is 2.47. The molecule has 122 valence electrons. The Morgan fingerprint density at radius 1 is 1.00 bits per heavy atom. The summed E-state index contributed by atoms with van der Waals surface area (Å²) < 4.78 is 30.1. The van der Waals surface area contributed by atoms with E-state index in [4.69, 9.17) is 23.7 Å². The molecule has 22 heavy (non-hydrogen) atoms. The van der Waals surface area contributed by atoms with Crippen LogP contribution in [0.2, 0.25) is 0 Å². The number of nitrogens with one attached hydrogen (secondary N) is 1. The van der Waals surface area contributed by atoms with Crippen molar-refractivity contribution in [1.29, 1.82) is 0 Å². The first kappa shape index (κ1) is 14.7. The third-order valence-corrected chi connectivity index (χ3v) is 4.41. The Morgan fingerprint density at radius 2 is 1.77 bits per heavy atom. The number of rotatable bonds is 2. The van der Waals surface area contributed by atoms with Crippen LogP contribution in [0.15, 0.2) is 18.3 Å². The lowest BCUT2D eigenvalue weighted by atomic mass is 10.0. The summed E-state index contributed by atoms with van der Waals surface area (Å²) in [7, 11) is 0. The highest BCUT2D eigenvalue weighted by Gasteiger charge is 2.59. The molecule has 0 unspecified atom stereocenters. The maximum atomic E-state index is 6.26. The summed E-state index contributed by atoms with van der Waals surface area (Å²) in [5.41, 5.74) is 0.997. The van der Waals surface area contributed by atoms with Crippen molar-refractivity contribution in [3.8, 4) is 0 Å². The second-order valence-corrected chi connectivity index (χ2v) is 7.08. The average Bonchev–Trinajstić information content (AvgIpc) is 3.12. The van der Waals surface area contributed by atoms with Crippen molar-refractivity contribution >= 4 is 0 Å². The Labute approximate surface area is 130 Å². The van der Waals surface area contributed by atoms with Crippen molar-refractivity contribution in [2.45, 2.75) is 69.8 Å². The standard InChI is InChI=1S/C16H23NO5/c1-15(2)18-8-10(20-15)12-14-13(21-16(3,4)22-14)11(19-12)9-6-5-7-17-9/h5-7,10-14,17H,8H2,1-4H3/t10-,11+,12-,13-,14+/m1/s1. The molecule has 0 radical (unpaired) electrons. The SMILES string of the molecule is CC1(C)O[C@H]2[C@@H]([C@H]3COC(C)(C)O3)O[C@@H](c3ccc[nH]3)[C@H]2O1. The van der Waals surface area contributed by atoms with Gasteiger partial charge >= 0.3 is 0 Å². The van der Waals surface area contributed by atoms with Crippen LogP contribution in [0.4, 0.5) is 0 Å². The zero-order chi connectivity index (χ0) is 15.5. The van der Waals surface area contributed by atoms with Crippen LogP contribution in [-0.2, 0) is 23.7 Å². The third-order valence-electron chi connectivity index (χ3n) is 4.41. The number of aromatic nitrogens is 1. The van der Waals surface area contributed by atoms with Crippen LogP contribution in [0.3, 0.4) is 0 Å². The van der Waals surface area contributed by atoms with Crippen LogP contribution in [0.1, 0.15) is 39.5 Å². The van der Waals surface area contributed by atoms with E-state index >= 15 is 0 Å². The highest BCUT2D eigenvalue weighted by atomic mass is 16.8. The van der Waals surface area contributed by atoms with Crippen molar-refractivity contribution < 1.29 is 23.7 Å². The Morgan fingerprint density at radius 3 is 2.41 bits per heavy atom. The smallest absolute Gasteiger partial charge is 0.164 e. The van der Waals surface area contributed by atoms with Gasteiger partial charge in [0.2, 0.25) is 0 Å². The third kappa shape index (κ3) is 2.39. The Bertz CT molecular complexity index is 541. The molecule has 6 nitrogen and oxygen atoms in total. The fourth-order valence-electron chi connectivity index (χ4n) is 3.58.